The molecule has 0 bridgehead atoms. The zero-order valence-electron chi connectivity index (χ0n) is 15.1. The number of thiazole rings is 1. The summed E-state index contributed by atoms with van der Waals surface area (Å²) in [6.45, 7) is 4.60. The molecule has 0 saturated carbocycles. The van der Waals surface area contributed by atoms with E-state index in [-0.39, 0.29) is 12.5 Å². The van der Waals surface area contributed by atoms with Crippen molar-refractivity contribution < 1.29 is 14.3 Å². The van der Waals surface area contributed by atoms with Crippen LogP contribution < -0.4 is 14.3 Å². The van der Waals surface area contributed by atoms with Crippen molar-refractivity contribution in [1.82, 2.24) is 4.57 Å². The summed E-state index contributed by atoms with van der Waals surface area (Å²) in [4.78, 5) is 17.6. The first kappa shape index (κ1) is 17.4. The Kier molecular flexibility index (Phi) is 4.46. The number of hydrogen-bond donors (Lipinski definition) is 0. The summed E-state index contributed by atoms with van der Waals surface area (Å²) < 4.78 is 14.3. The third-order valence-electron chi connectivity index (χ3n) is 4.54. The average molecular weight is 378 g/mol. The molecular weight excluding hydrogens is 360 g/mol. The number of aryl methyl sites for hydroxylation is 2. The van der Waals surface area contributed by atoms with Crippen LogP contribution in [0, 0.1) is 26.2 Å². The number of aromatic nitrogens is 1. The Labute approximate surface area is 160 Å². The molecule has 6 heteroatoms. The van der Waals surface area contributed by atoms with Gasteiger partial charge in [-0.3, -0.25) is 4.79 Å². The summed E-state index contributed by atoms with van der Waals surface area (Å²) in [6, 6.07) is 11.5. The van der Waals surface area contributed by atoms with E-state index in [2.05, 4.69) is 36.9 Å². The van der Waals surface area contributed by atoms with Gasteiger partial charge in [-0.15, -0.1) is 6.42 Å². The molecule has 2 aromatic carbocycles. The Hall–Kier alpha value is -3.04. The number of para-hydroxylation sites is 2. The van der Waals surface area contributed by atoms with Gasteiger partial charge in [0.05, 0.1) is 16.8 Å². The quantitative estimate of drug-likeness (QED) is 0.644. The van der Waals surface area contributed by atoms with Crippen LogP contribution in [0.1, 0.15) is 11.1 Å². The normalized spacial score (nSPS) is 16.3. The second-order valence-electron chi connectivity index (χ2n) is 6.39. The Balaban J connectivity index is 1.73. The van der Waals surface area contributed by atoms with Crippen molar-refractivity contribution >= 4 is 27.5 Å². The molecule has 0 radical (unpaired) electrons. The maximum absolute atomic E-state index is 12.7. The van der Waals surface area contributed by atoms with E-state index in [0.29, 0.717) is 22.8 Å². The molecule has 27 heavy (non-hydrogen) atoms. The summed E-state index contributed by atoms with van der Waals surface area (Å²) in [7, 11) is 0. The second-order valence-corrected chi connectivity index (χ2v) is 7.40. The lowest BCUT2D eigenvalue weighted by molar-refractivity contribution is -0.127. The number of benzene rings is 2. The molecule has 4 rings (SSSR count). The average Bonchev–Trinajstić information content (AvgIpc) is 2.98. The highest BCUT2D eigenvalue weighted by atomic mass is 32.1. The van der Waals surface area contributed by atoms with Crippen LogP contribution in [0.15, 0.2) is 41.4 Å². The molecule has 1 atom stereocenters. The molecule has 0 saturated heterocycles. The molecule has 3 aromatic rings. The SMILES string of the molecule is C#CCn1c(=NC(=O)[C@@H]2COc3ccccc3O2)sc2cc(C)c(C)cc21. The van der Waals surface area contributed by atoms with Crippen LogP contribution in [0.4, 0.5) is 0 Å². The zero-order valence-corrected chi connectivity index (χ0v) is 15.9. The molecule has 0 fully saturated rings. The van der Waals surface area contributed by atoms with E-state index in [1.807, 2.05) is 22.8 Å². The first-order chi connectivity index (χ1) is 13.1. The van der Waals surface area contributed by atoms with E-state index in [9.17, 15) is 4.79 Å². The monoisotopic (exact) mass is 378 g/mol. The van der Waals surface area contributed by atoms with Crippen LogP contribution in [0.25, 0.3) is 10.2 Å². The van der Waals surface area contributed by atoms with Gasteiger partial charge in [0, 0.05) is 0 Å². The number of terminal acetylenes is 1. The Morgan fingerprint density at radius 2 is 2.04 bits per heavy atom. The highest BCUT2D eigenvalue weighted by Gasteiger charge is 2.27. The third-order valence-corrected chi connectivity index (χ3v) is 5.58. The first-order valence-corrected chi connectivity index (χ1v) is 9.39. The molecule has 0 spiro atoms. The molecule has 1 aliphatic heterocycles. The second kappa shape index (κ2) is 6.93. The largest absolute Gasteiger partial charge is 0.485 e. The highest BCUT2D eigenvalue weighted by Crippen LogP contribution is 2.31. The summed E-state index contributed by atoms with van der Waals surface area (Å²) in [5.41, 5.74) is 3.35. The molecular formula is C21H18N2O3S. The minimum atomic E-state index is -0.770. The fraction of sp³-hybridized carbons (Fsp3) is 0.238. The van der Waals surface area contributed by atoms with Crippen molar-refractivity contribution in [3.63, 3.8) is 0 Å². The van der Waals surface area contributed by atoms with Crippen molar-refractivity contribution in [2.75, 3.05) is 6.61 Å². The predicted molar refractivity (Wildman–Crippen MR) is 105 cm³/mol. The van der Waals surface area contributed by atoms with Gasteiger partial charge < -0.3 is 14.0 Å². The van der Waals surface area contributed by atoms with E-state index >= 15 is 0 Å². The molecule has 1 amide bonds. The molecule has 0 aliphatic carbocycles. The molecule has 136 valence electrons. The third kappa shape index (κ3) is 3.22. The van der Waals surface area contributed by atoms with Gasteiger partial charge in [-0.1, -0.05) is 29.4 Å². The summed E-state index contributed by atoms with van der Waals surface area (Å²) in [5, 5.41) is 0. The molecule has 1 aliphatic rings. The van der Waals surface area contributed by atoms with Crippen LogP contribution in [-0.2, 0) is 11.3 Å². The van der Waals surface area contributed by atoms with E-state index < -0.39 is 6.10 Å². The highest BCUT2D eigenvalue weighted by molar-refractivity contribution is 7.16. The van der Waals surface area contributed by atoms with Gasteiger partial charge in [-0.2, -0.15) is 4.99 Å². The minimum Gasteiger partial charge on any atom is -0.485 e. The van der Waals surface area contributed by atoms with Gasteiger partial charge in [0.1, 0.15) is 6.61 Å². The zero-order chi connectivity index (χ0) is 19.0. The minimum absolute atomic E-state index is 0.137. The van der Waals surface area contributed by atoms with E-state index in [1.165, 1.54) is 22.5 Å². The van der Waals surface area contributed by atoms with Crippen molar-refractivity contribution in [3.05, 3.63) is 52.3 Å². The van der Waals surface area contributed by atoms with Gasteiger partial charge >= 0.3 is 0 Å². The lowest BCUT2D eigenvalue weighted by atomic mass is 10.1. The molecule has 2 heterocycles. The van der Waals surface area contributed by atoms with Crippen LogP contribution in [0.3, 0.4) is 0 Å². The Morgan fingerprint density at radius 3 is 2.81 bits per heavy atom. The van der Waals surface area contributed by atoms with Gasteiger partial charge in [-0.25, -0.2) is 0 Å². The Morgan fingerprint density at radius 1 is 1.30 bits per heavy atom. The van der Waals surface area contributed by atoms with E-state index in [0.717, 1.165) is 10.2 Å². The maximum Gasteiger partial charge on any atom is 0.292 e. The molecule has 0 N–H and O–H groups in total. The summed E-state index contributed by atoms with van der Waals surface area (Å²) in [5.74, 6) is 3.45. The van der Waals surface area contributed by atoms with E-state index in [4.69, 9.17) is 15.9 Å². The maximum atomic E-state index is 12.7. The smallest absolute Gasteiger partial charge is 0.292 e. The number of amides is 1. The van der Waals surface area contributed by atoms with Gasteiger partial charge in [0.25, 0.3) is 5.91 Å². The fourth-order valence-electron chi connectivity index (χ4n) is 2.96. The standard InChI is InChI=1S/C21H18N2O3S/c1-4-9-23-15-10-13(2)14(3)11-19(15)27-21(23)22-20(24)18-12-25-16-7-5-6-8-17(16)26-18/h1,5-8,10-11,18H,9,12H2,2-3H3/t18-/m0/s1. The fourth-order valence-corrected chi connectivity index (χ4v) is 4.07. The van der Waals surface area contributed by atoms with Crippen LogP contribution in [0.2, 0.25) is 0 Å². The first-order valence-electron chi connectivity index (χ1n) is 8.58. The van der Waals surface area contributed by atoms with Crippen LogP contribution >= 0.6 is 11.3 Å². The van der Waals surface area contributed by atoms with Gasteiger partial charge in [0.2, 0.25) is 6.10 Å². The number of carbonyl (C=O) groups is 1. The number of nitrogens with zero attached hydrogens (tertiary/aromatic N) is 2. The van der Waals surface area contributed by atoms with Gasteiger partial charge in [-0.05, 0) is 49.2 Å². The summed E-state index contributed by atoms with van der Waals surface area (Å²) >= 11 is 1.45. The van der Waals surface area contributed by atoms with Crippen LogP contribution in [0.5, 0.6) is 11.5 Å². The number of hydrogen-bond acceptors (Lipinski definition) is 4. The van der Waals surface area contributed by atoms with Crippen molar-refractivity contribution in [3.8, 4) is 23.8 Å². The van der Waals surface area contributed by atoms with Gasteiger partial charge in [0.15, 0.2) is 16.3 Å². The summed E-state index contributed by atoms with van der Waals surface area (Å²) in [6.07, 6.45) is 4.77. The van der Waals surface area contributed by atoms with Crippen molar-refractivity contribution in [2.45, 2.75) is 26.5 Å². The molecule has 0 unspecified atom stereocenters. The number of carbonyl (C=O) groups excluding carboxylic acids is 1. The van der Waals surface area contributed by atoms with Crippen molar-refractivity contribution in [2.24, 2.45) is 4.99 Å². The lowest BCUT2D eigenvalue weighted by Crippen LogP contribution is -2.36. The number of rotatable bonds is 2. The number of fused-ring (bicyclic) bond motifs is 2. The van der Waals surface area contributed by atoms with Crippen LogP contribution in [-0.4, -0.2) is 23.2 Å². The van der Waals surface area contributed by atoms with E-state index in [1.54, 1.807) is 6.07 Å². The predicted octanol–water partition coefficient (Wildman–Crippen LogP) is 3.22. The number of ether oxygens (including phenoxy) is 2. The Bertz CT molecular complexity index is 1150. The van der Waals surface area contributed by atoms with Crippen molar-refractivity contribution in [1.29, 1.82) is 0 Å². The lowest BCUT2D eigenvalue weighted by Gasteiger charge is -2.23. The molecule has 5 nitrogen and oxygen atoms in total. The topological polar surface area (TPSA) is 52.8 Å². The molecule has 1 aromatic heterocycles.